The van der Waals surface area contributed by atoms with Crippen molar-refractivity contribution in [3.05, 3.63) is 30.0 Å². The number of aromatic nitrogens is 3. The molecule has 0 aliphatic carbocycles. The molecule has 2 atom stereocenters. The van der Waals surface area contributed by atoms with Crippen molar-refractivity contribution in [1.29, 1.82) is 0 Å². The number of nitrogens with zero attached hydrogens (tertiary/aromatic N) is 4. The van der Waals surface area contributed by atoms with E-state index in [1.54, 1.807) is 18.2 Å². The molecule has 0 radical (unpaired) electrons. The summed E-state index contributed by atoms with van der Waals surface area (Å²) >= 11 is 0. The molecule has 3 rings (SSSR count). The summed E-state index contributed by atoms with van der Waals surface area (Å²) in [6.45, 7) is 5.62. The first-order valence-electron chi connectivity index (χ1n) is 9.42. The fourth-order valence-corrected chi connectivity index (χ4v) is 2.87. The number of pyridine rings is 1. The minimum atomic E-state index is -0.341. The molecule has 3 N–H and O–H groups in total. The summed E-state index contributed by atoms with van der Waals surface area (Å²) < 4.78 is 10.6. The van der Waals surface area contributed by atoms with E-state index in [0.717, 1.165) is 0 Å². The van der Waals surface area contributed by atoms with Gasteiger partial charge in [-0.3, -0.25) is 4.79 Å². The Bertz CT molecular complexity index is 849. The molecule has 3 heterocycles. The Hall–Kier alpha value is -2.98. The molecule has 10 nitrogen and oxygen atoms in total. The third-order valence-electron chi connectivity index (χ3n) is 4.45. The molecule has 0 aromatic carbocycles. The minimum Gasteiger partial charge on any atom is -0.481 e. The molecule has 1 fully saturated rings. The van der Waals surface area contributed by atoms with Crippen molar-refractivity contribution < 1.29 is 19.4 Å². The molecule has 1 saturated heterocycles. The zero-order valence-electron chi connectivity index (χ0n) is 16.8. The Morgan fingerprint density at radius 1 is 1.41 bits per heavy atom. The number of nitrogens with one attached hydrogen (secondary N) is 2. The number of carbonyl (C=O) groups is 1. The molecule has 2 aromatic heterocycles. The van der Waals surface area contributed by atoms with Gasteiger partial charge in [0, 0.05) is 36.5 Å². The highest BCUT2D eigenvalue weighted by molar-refractivity contribution is 6.04. The SMILES string of the molecule is COc1cc(C(=O)Nc2cc(N[C@@H](C)CO)nc(N3CCOC[C@@H]3C)n2)ccn1. The topological polar surface area (TPSA) is 122 Å². The van der Waals surface area contributed by atoms with Crippen molar-refractivity contribution in [2.24, 2.45) is 0 Å². The largest absolute Gasteiger partial charge is 0.481 e. The Morgan fingerprint density at radius 2 is 2.21 bits per heavy atom. The monoisotopic (exact) mass is 402 g/mol. The van der Waals surface area contributed by atoms with Gasteiger partial charge in [-0.2, -0.15) is 9.97 Å². The van der Waals surface area contributed by atoms with Gasteiger partial charge in [0.2, 0.25) is 11.8 Å². The summed E-state index contributed by atoms with van der Waals surface area (Å²) in [6, 6.07) is 4.68. The lowest BCUT2D eigenvalue weighted by Crippen LogP contribution is -2.44. The number of hydrogen-bond acceptors (Lipinski definition) is 9. The number of aliphatic hydroxyl groups is 1. The average molecular weight is 402 g/mol. The van der Waals surface area contributed by atoms with Crippen LogP contribution in [0.15, 0.2) is 24.4 Å². The third kappa shape index (κ3) is 5.30. The Kier molecular flexibility index (Phi) is 6.78. The van der Waals surface area contributed by atoms with Gasteiger partial charge in [-0.15, -0.1) is 0 Å². The highest BCUT2D eigenvalue weighted by Crippen LogP contribution is 2.22. The maximum absolute atomic E-state index is 12.7. The number of ether oxygens (including phenoxy) is 2. The zero-order chi connectivity index (χ0) is 20.8. The van der Waals surface area contributed by atoms with Gasteiger partial charge >= 0.3 is 0 Å². The van der Waals surface area contributed by atoms with Crippen LogP contribution < -0.4 is 20.3 Å². The van der Waals surface area contributed by atoms with Gasteiger partial charge < -0.3 is 30.1 Å². The molecule has 29 heavy (non-hydrogen) atoms. The number of carbonyl (C=O) groups excluding carboxylic acids is 1. The van der Waals surface area contributed by atoms with Gasteiger partial charge in [-0.1, -0.05) is 0 Å². The summed E-state index contributed by atoms with van der Waals surface area (Å²) in [5.41, 5.74) is 0.398. The van der Waals surface area contributed by atoms with E-state index in [9.17, 15) is 9.90 Å². The van der Waals surface area contributed by atoms with Crippen LogP contribution in [0, 0.1) is 0 Å². The first kappa shape index (κ1) is 20.7. The molecule has 1 amide bonds. The van der Waals surface area contributed by atoms with Crippen molar-refractivity contribution in [1.82, 2.24) is 15.0 Å². The normalized spacial score (nSPS) is 17.5. The zero-order valence-corrected chi connectivity index (χ0v) is 16.8. The van der Waals surface area contributed by atoms with E-state index < -0.39 is 0 Å². The average Bonchev–Trinajstić information content (AvgIpc) is 2.73. The molecule has 156 valence electrons. The highest BCUT2D eigenvalue weighted by Gasteiger charge is 2.23. The van der Waals surface area contributed by atoms with Gasteiger partial charge in [-0.25, -0.2) is 4.98 Å². The molecule has 0 bridgehead atoms. The van der Waals surface area contributed by atoms with Crippen molar-refractivity contribution in [2.75, 3.05) is 49.0 Å². The van der Waals surface area contributed by atoms with Crippen LogP contribution in [0.2, 0.25) is 0 Å². The van der Waals surface area contributed by atoms with Crippen LogP contribution in [0.1, 0.15) is 24.2 Å². The quantitative estimate of drug-likeness (QED) is 0.626. The summed E-state index contributed by atoms with van der Waals surface area (Å²) in [4.78, 5) is 27.8. The van der Waals surface area contributed by atoms with Crippen molar-refractivity contribution in [2.45, 2.75) is 25.9 Å². The molecule has 1 aliphatic rings. The molecule has 2 aromatic rings. The number of amides is 1. The number of aliphatic hydroxyl groups excluding tert-OH is 1. The van der Waals surface area contributed by atoms with Crippen LogP contribution in [0.4, 0.5) is 17.6 Å². The molecular weight excluding hydrogens is 376 g/mol. The van der Waals surface area contributed by atoms with E-state index in [1.165, 1.54) is 13.3 Å². The van der Waals surface area contributed by atoms with Crippen LogP contribution in [-0.2, 0) is 4.74 Å². The minimum absolute atomic E-state index is 0.0498. The molecular formula is C19H26N6O4. The van der Waals surface area contributed by atoms with Gasteiger partial charge in [-0.05, 0) is 19.9 Å². The smallest absolute Gasteiger partial charge is 0.257 e. The van der Waals surface area contributed by atoms with Gasteiger partial charge in [0.1, 0.15) is 11.6 Å². The van der Waals surface area contributed by atoms with E-state index in [4.69, 9.17) is 9.47 Å². The Labute approximate surface area is 169 Å². The summed E-state index contributed by atoms with van der Waals surface area (Å²) in [7, 11) is 1.49. The number of morpholine rings is 1. The molecule has 10 heteroatoms. The van der Waals surface area contributed by atoms with Crippen LogP contribution in [-0.4, -0.2) is 71.5 Å². The second-order valence-electron chi connectivity index (χ2n) is 6.82. The number of hydrogen-bond donors (Lipinski definition) is 3. The lowest BCUT2D eigenvalue weighted by Gasteiger charge is -2.33. The van der Waals surface area contributed by atoms with E-state index in [1.807, 2.05) is 18.7 Å². The van der Waals surface area contributed by atoms with Crippen LogP contribution in [0.5, 0.6) is 5.88 Å². The summed E-state index contributed by atoms with van der Waals surface area (Å²) in [5, 5.41) is 15.3. The lowest BCUT2D eigenvalue weighted by molar-refractivity contribution is 0.0980. The maximum Gasteiger partial charge on any atom is 0.257 e. The van der Waals surface area contributed by atoms with Crippen molar-refractivity contribution in [3.63, 3.8) is 0 Å². The second kappa shape index (κ2) is 9.48. The highest BCUT2D eigenvalue weighted by atomic mass is 16.5. The molecule has 0 spiro atoms. The van der Waals surface area contributed by atoms with Crippen LogP contribution in [0.25, 0.3) is 0 Å². The first-order chi connectivity index (χ1) is 14.0. The van der Waals surface area contributed by atoms with Crippen LogP contribution in [0.3, 0.4) is 0 Å². The molecule has 0 saturated carbocycles. The van der Waals surface area contributed by atoms with Gasteiger partial charge in [0.25, 0.3) is 5.91 Å². The number of rotatable bonds is 7. The summed E-state index contributed by atoms with van der Waals surface area (Å²) in [5.74, 6) is 1.35. The Morgan fingerprint density at radius 3 is 2.93 bits per heavy atom. The van der Waals surface area contributed by atoms with E-state index in [-0.39, 0.29) is 24.6 Å². The molecule has 0 unspecified atom stereocenters. The predicted molar refractivity (Wildman–Crippen MR) is 109 cm³/mol. The second-order valence-corrected chi connectivity index (χ2v) is 6.82. The van der Waals surface area contributed by atoms with E-state index >= 15 is 0 Å². The fraction of sp³-hybridized carbons (Fsp3) is 0.474. The number of methoxy groups -OCH3 is 1. The fourth-order valence-electron chi connectivity index (χ4n) is 2.87. The Balaban J connectivity index is 1.88. The standard InChI is InChI=1S/C19H26N6O4/c1-12(10-26)21-15-9-16(22-18(27)14-4-5-20-17(8-14)28-3)24-19(23-15)25-6-7-29-11-13(25)2/h4-5,8-9,12-13,26H,6-7,10-11H2,1-3H3,(H2,21,22,23,24,27)/t12-,13-/m0/s1. The lowest BCUT2D eigenvalue weighted by atomic mass is 10.2. The van der Waals surface area contributed by atoms with Crippen molar-refractivity contribution >= 4 is 23.5 Å². The summed E-state index contributed by atoms with van der Waals surface area (Å²) in [6.07, 6.45) is 1.50. The maximum atomic E-state index is 12.7. The van der Waals surface area contributed by atoms with E-state index in [2.05, 4.69) is 25.6 Å². The third-order valence-corrected chi connectivity index (χ3v) is 4.45. The van der Waals surface area contributed by atoms with Gasteiger partial charge in [0.15, 0.2) is 0 Å². The molecule has 1 aliphatic heterocycles. The first-order valence-corrected chi connectivity index (χ1v) is 9.42. The number of anilines is 3. The predicted octanol–water partition coefficient (Wildman–Crippen LogP) is 1.15. The van der Waals surface area contributed by atoms with Crippen molar-refractivity contribution in [3.8, 4) is 5.88 Å². The van der Waals surface area contributed by atoms with E-state index in [0.29, 0.717) is 48.8 Å². The van der Waals surface area contributed by atoms with Gasteiger partial charge in [0.05, 0.1) is 33.0 Å². The van der Waals surface area contributed by atoms with Crippen LogP contribution >= 0.6 is 0 Å².